The summed E-state index contributed by atoms with van der Waals surface area (Å²) in [7, 11) is -0.345. The number of nitrogens with one attached hydrogen (secondary N) is 1. The van der Waals surface area contributed by atoms with Gasteiger partial charge in [0.05, 0.1) is 16.8 Å². The molecule has 2 aromatic rings. The van der Waals surface area contributed by atoms with E-state index in [0.717, 1.165) is 0 Å². The standard InChI is InChI=1S/C18H22N2O5S/c1-9-8-12(16(21)15-11(3)19-20(4)18(15)22)10(2)14-13(25-5)6-7-26(23,24)17(9)14/h8,13,19H,6-7H2,1-5H3. The summed E-state index contributed by atoms with van der Waals surface area (Å²) in [5, 5.41) is 2.82. The van der Waals surface area contributed by atoms with Gasteiger partial charge in [-0.15, -0.1) is 0 Å². The van der Waals surface area contributed by atoms with Crippen molar-refractivity contribution in [3.05, 3.63) is 49.9 Å². The van der Waals surface area contributed by atoms with Gasteiger partial charge in [-0.05, 0) is 44.4 Å². The average molecular weight is 378 g/mol. The fourth-order valence-electron chi connectivity index (χ4n) is 3.79. The monoisotopic (exact) mass is 378 g/mol. The lowest BCUT2D eigenvalue weighted by molar-refractivity contribution is 0.0951. The molecule has 0 saturated heterocycles. The van der Waals surface area contributed by atoms with Crippen molar-refractivity contribution in [2.24, 2.45) is 7.05 Å². The zero-order valence-electron chi connectivity index (χ0n) is 15.5. The summed E-state index contributed by atoms with van der Waals surface area (Å²) < 4.78 is 31.9. The highest BCUT2D eigenvalue weighted by molar-refractivity contribution is 7.91. The Morgan fingerprint density at radius 3 is 2.50 bits per heavy atom. The van der Waals surface area contributed by atoms with Crippen LogP contribution in [0.15, 0.2) is 15.8 Å². The van der Waals surface area contributed by atoms with Gasteiger partial charge in [-0.2, -0.15) is 0 Å². The maximum Gasteiger partial charge on any atom is 0.277 e. The van der Waals surface area contributed by atoms with Crippen LogP contribution in [0.4, 0.5) is 0 Å². The third kappa shape index (κ3) is 2.64. The molecule has 0 radical (unpaired) electrons. The van der Waals surface area contributed by atoms with E-state index in [1.165, 1.54) is 11.8 Å². The van der Waals surface area contributed by atoms with Crippen LogP contribution in [0.25, 0.3) is 0 Å². The Morgan fingerprint density at radius 1 is 1.31 bits per heavy atom. The SMILES string of the molecule is COC1CCS(=O)(=O)c2c(C)cc(C(=O)c3c(C)[nH]n(C)c3=O)c(C)c21. The lowest BCUT2D eigenvalue weighted by atomic mass is 9.90. The number of H-pyrrole nitrogens is 1. The van der Waals surface area contributed by atoms with Crippen molar-refractivity contribution >= 4 is 15.6 Å². The molecule has 0 fully saturated rings. The Kier molecular flexibility index (Phi) is 4.44. The number of rotatable bonds is 3. The number of aryl methyl sites for hydroxylation is 3. The Labute approximate surface area is 151 Å². The molecule has 1 aromatic heterocycles. The summed E-state index contributed by atoms with van der Waals surface area (Å²) in [6.45, 7) is 5.05. The Balaban J connectivity index is 2.30. The lowest BCUT2D eigenvalue weighted by Gasteiger charge is -2.28. The van der Waals surface area contributed by atoms with Crippen LogP contribution in [0.3, 0.4) is 0 Å². The number of carbonyl (C=O) groups is 1. The third-order valence-electron chi connectivity index (χ3n) is 5.04. The van der Waals surface area contributed by atoms with Crippen LogP contribution in [0.1, 0.15) is 50.8 Å². The van der Waals surface area contributed by atoms with Crippen molar-refractivity contribution < 1.29 is 17.9 Å². The summed E-state index contributed by atoms with van der Waals surface area (Å²) >= 11 is 0. The minimum Gasteiger partial charge on any atom is -0.377 e. The topological polar surface area (TPSA) is 98.2 Å². The highest BCUT2D eigenvalue weighted by Gasteiger charge is 2.35. The van der Waals surface area contributed by atoms with Gasteiger partial charge in [0.25, 0.3) is 5.56 Å². The molecule has 0 saturated carbocycles. The molecule has 1 N–H and O–H groups in total. The van der Waals surface area contributed by atoms with Gasteiger partial charge in [-0.1, -0.05) is 0 Å². The molecule has 26 heavy (non-hydrogen) atoms. The molecule has 2 heterocycles. The number of hydrogen-bond donors (Lipinski definition) is 1. The van der Waals surface area contributed by atoms with Gasteiger partial charge in [-0.3, -0.25) is 19.4 Å². The number of ketones is 1. The number of aromatic amines is 1. The van der Waals surface area contributed by atoms with E-state index >= 15 is 0 Å². The molecule has 1 aliphatic heterocycles. The summed E-state index contributed by atoms with van der Waals surface area (Å²) in [5.41, 5.74) is 2.07. The molecule has 1 aromatic carbocycles. The number of nitrogens with zero attached hydrogens (tertiary/aromatic N) is 1. The predicted octanol–water partition coefficient (Wildman–Crippen LogP) is 1.73. The van der Waals surface area contributed by atoms with E-state index in [-0.39, 0.29) is 16.2 Å². The largest absolute Gasteiger partial charge is 0.377 e. The molecule has 7 nitrogen and oxygen atoms in total. The third-order valence-corrected chi connectivity index (χ3v) is 6.98. The van der Waals surface area contributed by atoms with Crippen molar-refractivity contribution in [1.82, 2.24) is 9.78 Å². The number of ether oxygens (including phenoxy) is 1. The Hall–Kier alpha value is -2.19. The van der Waals surface area contributed by atoms with Crippen LogP contribution in [-0.2, 0) is 21.6 Å². The molecule has 0 aliphatic carbocycles. The van der Waals surface area contributed by atoms with Crippen LogP contribution in [0.2, 0.25) is 0 Å². The van der Waals surface area contributed by atoms with Gasteiger partial charge < -0.3 is 4.74 Å². The lowest BCUT2D eigenvalue weighted by Crippen LogP contribution is -2.26. The highest BCUT2D eigenvalue weighted by Crippen LogP contribution is 2.40. The summed E-state index contributed by atoms with van der Waals surface area (Å²) in [6, 6.07) is 1.57. The van der Waals surface area contributed by atoms with Crippen LogP contribution >= 0.6 is 0 Å². The van der Waals surface area contributed by atoms with Crippen LogP contribution in [-0.4, -0.2) is 36.8 Å². The summed E-state index contributed by atoms with van der Waals surface area (Å²) in [6.07, 6.45) is -0.0514. The summed E-state index contributed by atoms with van der Waals surface area (Å²) in [4.78, 5) is 25.6. The van der Waals surface area contributed by atoms with Crippen LogP contribution in [0.5, 0.6) is 0 Å². The quantitative estimate of drug-likeness (QED) is 0.820. The number of fused-ring (bicyclic) bond motifs is 1. The van der Waals surface area contributed by atoms with Gasteiger partial charge in [0.1, 0.15) is 5.56 Å². The molecule has 0 spiro atoms. The van der Waals surface area contributed by atoms with Crippen molar-refractivity contribution in [2.75, 3.05) is 12.9 Å². The molecular formula is C18H22N2O5S. The van der Waals surface area contributed by atoms with Crippen LogP contribution < -0.4 is 5.56 Å². The average Bonchev–Trinajstić information content (AvgIpc) is 2.82. The molecular weight excluding hydrogens is 356 g/mol. The van der Waals surface area contributed by atoms with E-state index < -0.39 is 27.3 Å². The number of sulfone groups is 1. The fraction of sp³-hybridized carbons (Fsp3) is 0.444. The number of aromatic nitrogens is 2. The molecule has 1 unspecified atom stereocenters. The number of benzene rings is 1. The number of hydrogen-bond acceptors (Lipinski definition) is 5. The summed E-state index contributed by atoms with van der Waals surface area (Å²) in [5.74, 6) is -0.394. The van der Waals surface area contributed by atoms with Gasteiger partial charge in [0.2, 0.25) is 5.78 Å². The normalized spacial score (nSPS) is 18.6. The molecule has 0 amide bonds. The maximum absolute atomic E-state index is 13.1. The zero-order valence-corrected chi connectivity index (χ0v) is 16.3. The van der Waals surface area contributed by atoms with E-state index in [2.05, 4.69) is 5.10 Å². The van der Waals surface area contributed by atoms with Gasteiger partial charge >= 0.3 is 0 Å². The highest BCUT2D eigenvalue weighted by atomic mass is 32.2. The minimum absolute atomic E-state index is 0.0174. The smallest absolute Gasteiger partial charge is 0.277 e. The minimum atomic E-state index is -3.42. The van der Waals surface area contributed by atoms with Gasteiger partial charge in [0, 0.05) is 31.0 Å². The zero-order chi connectivity index (χ0) is 19.4. The van der Waals surface area contributed by atoms with E-state index in [9.17, 15) is 18.0 Å². The second-order valence-electron chi connectivity index (χ2n) is 6.75. The first-order valence-electron chi connectivity index (χ1n) is 8.30. The first kappa shape index (κ1) is 18.6. The van der Waals surface area contributed by atoms with E-state index in [1.54, 1.807) is 33.9 Å². The molecule has 8 heteroatoms. The molecule has 0 bridgehead atoms. The second kappa shape index (κ2) is 6.21. The van der Waals surface area contributed by atoms with Gasteiger partial charge in [-0.25, -0.2) is 8.42 Å². The van der Waals surface area contributed by atoms with E-state index in [0.29, 0.717) is 34.4 Å². The van der Waals surface area contributed by atoms with Crippen molar-refractivity contribution in [2.45, 2.75) is 38.2 Å². The molecule has 3 rings (SSSR count). The second-order valence-corrected chi connectivity index (χ2v) is 8.79. The number of carbonyl (C=O) groups excluding carboxylic acids is 1. The Morgan fingerprint density at radius 2 is 1.96 bits per heavy atom. The number of methoxy groups -OCH3 is 1. The first-order chi connectivity index (χ1) is 12.1. The van der Waals surface area contributed by atoms with Crippen LogP contribution in [0, 0.1) is 20.8 Å². The Bertz CT molecular complexity index is 1080. The molecule has 1 atom stereocenters. The fourth-order valence-corrected chi connectivity index (χ4v) is 5.68. The van der Waals surface area contributed by atoms with E-state index in [4.69, 9.17) is 4.74 Å². The van der Waals surface area contributed by atoms with Crippen molar-refractivity contribution in [1.29, 1.82) is 0 Å². The first-order valence-corrected chi connectivity index (χ1v) is 9.95. The van der Waals surface area contributed by atoms with Crippen molar-refractivity contribution in [3.63, 3.8) is 0 Å². The molecule has 1 aliphatic rings. The van der Waals surface area contributed by atoms with Crippen molar-refractivity contribution in [3.8, 4) is 0 Å². The maximum atomic E-state index is 13.1. The predicted molar refractivity (Wildman–Crippen MR) is 96.5 cm³/mol. The van der Waals surface area contributed by atoms with Gasteiger partial charge in [0.15, 0.2) is 9.84 Å². The van der Waals surface area contributed by atoms with E-state index in [1.807, 2.05) is 0 Å². The molecule has 140 valence electrons.